The lowest BCUT2D eigenvalue weighted by atomic mass is 9.99. The molecular weight excluding hydrogens is 680 g/mol. The van der Waals surface area contributed by atoms with Gasteiger partial charge in [-0.15, -0.1) is 0 Å². The van der Waals surface area contributed by atoms with Gasteiger partial charge in [0.05, 0.1) is 12.1 Å². The zero-order valence-corrected chi connectivity index (χ0v) is 30.9. The minimum Gasteiger partial charge on any atom is -0.465 e. The molecule has 4 aliphatic heterocycles. The standard InChI is InChI=1S/C39H50N6O8/c1-4-51-36(47)31-10-7-16-44(31)28-12-17-42(18-13-28)35(46)33(24-26-22-25(2)34-32(23-26)52-38(49)41(34)3)53-39(50)43-19-14-29(15-20-43)45-21-11-27-8-5-6-9-30(27)40-37(45)48/h5-6,8-9,22-23,28-29,31,33H,4,7,10-21,24H2,1-3H3,(H,40,48)/t31-,33+/m0/s1. The van der Waals surface area contributed by atoms with Crippen LogP contribution < -0.4 is 11.1 Å². The number of piperidine rings is 2. The predicted molar refractivity (Wildman–Crippen MR) is 197 cm³/mol. The zero-order chi connectivity index (χ0) is 37.2. The van der Waals surface area contributed by atoms with Gasteiger partial charge in [-0.2, -0.15) is 0 Å². The number of para-hydroxylation sites is 1. The number of rotatable bonds is 8. The van der Waals surface area contributed by atoms with Gasteiger partial charge in [0.2, 0.25) is 0 Å². The van der Waals surface area contributed by atoms with Gasteiger partial charge in [0, 0.05) is 64.0 Å². The number of urea groups is 1. The van der Waals surface area contributed by atoms with Crippen LogP contribution in [0.3, 0.4) is 0 Å². The Morgan fingerprint density at radius 1 is 0.925 bits per heavy atom. The lowest BCUT2D eigenvalue weighted by Gasteiger charge is -2.40. The van der Waals surface area contributed by atoms with Crippen molar-refractivity contribution in [2.75, 3.05) is 51.2 Å². The molecule has 3 saturated heterocycles. The highest BCUT2D eigenvalue weighted by atomic mass is 16.6. The maximum Gasteiger partial charge on any atom is 0.419 e. The number of aryl methyl sites for hydroxylation is 2. The molecule has 14 nitrogen and oxygen atoms in total. The van der Waals surface area contributed by atoms with Crippen LogP contribution in [0.4, 0.5) is 15.3 Å². The topological polar surface area (TPSA) is 147 Å². The second-order valence-corrected chi connectivity index (χ2v) is 14.7. The number of amides is 4. The molecule has 0 spiro atoms. The number of fused-ring (bicyclic) bond motifs is 2. The van der Waals surface area contributed by atoms with Crippen LogP contribution in [-0.2, 0) is 39.0 Å². The Kier molecular flexibility index (Phi) is 10.8. The van der Waals surface area contributed by atoms with Crippen LogP contribution in [0.2, 0.25) is 0 Å². The third kappa shape index (κ3) is 7.64. The maximum absolute atomic E-state index is 14.2. The molecule has 14 heteroatoms. The second-order valence-electron chi connectivity index (χ2n) is 14.7. The number of aromatic nitrogens is 1. The van der Waals surface area contributed by atoms with E-state index >= 15 is 0 Å². The quantitative estimate of drug-likeness (QED) is 0.339. The average Bonchev–Trinajstić information content (AvgIpc) is 3.71. The molecule has 0 radical (unpaired) electrons. The Morgan fingerprint density at radius 3 is 2.40 bits per heavy atom. The van der Waals surface area contributed by atoms with Gasteiger partial charge in [0.15, 0.2) is 11.7 Å². The van der Waals surface area contributed by atoms with Crippen molar-refractivity contribution < 1.29 is 33.1 Å². The molecule has 1 N–H and O–H groups in total. The van der Waals surface area contributed by atoms with E-state index in [1.54, 1.807) is 22.9 Å². The average molecular weight is 731 g/mol. The molecule has 0 unspecified atom stereocenters. The van der Waals surface area contributed by atoms with E-state index in [9.17, 15) is 24.0 Å². The fourth-order valence-corrected chi connectivity index (χ4v) is 8.73. The summed E-state index contributed by atoms with van der Waals surface area (Å²) in [5.74, 6) is -0.930. The van der Waals surface area contributed by atoms with Crippen molar-refractivity contribution in [3.63, 3.8) is 0 Å². The van der Waals surface area contributed by atoms with E-state index in [4.69, 9.17) is 13.9 Å². The van der Waals surface area contributed by atoms with Crippen molar-refractivity contribution in [1.29, 1.82) is 0 Å². The Bertz CT molecular complexity index is 1910. The van der Waals surface area contributed by atoms with Crippen LogP contribution in [0.25, 0.3) is 11.1 Å². The molecule has 4 amide bonds. The summed E-state index contributed by atoms with van der Waals surface area (Å²) in [4.78, 5) is 73.6. The Hall–Kier alpha value is -4.85. The number of hydrogen-bond donors (Lipinski definition) is 1. The molecule has 2 aromatic carbocycles. The predicted octanol–water partition coefficient (Wildman–Crippen LogP) is 4.06. The molecule has 2 atom stereocenters. The number of esters is 1. The zero-order valence-electron chi connectivity index (χ0n) is 30.9. The van der Waals surface area contributed by atoms with Gasteiger partial charge in [-0.1, -0.05) is 24.3 Å². The first-order valence-electron chi connectivity index (χ1n) is 19.0. The molecule has 53 heavy (non-hydrogen) atoms. The Morgan fingerprint density at radius 2 is 1.64 bits per heavy atom. The van der Waals surface area contributed by atoms with Gasteiger partial charge in [-0.25, -0.2) is 14.4 Å². The SMILES string of the molecule is CCOC(=O)[C@@H]1CCCN1C1CCN(C(=O)[C@@H](Cc2cc(C)c3c(c2)oc(=O)n3C)OC(=O)N2CCC(N3CCc4ccccc4NC3=O)CC2)CC1. The summed E-state index contributed by atoms with van der Waals surface area (Å²) < 4.78 is 18.4. The third-order valence-electron chi connectivity index (χ3n) is 11.5. The summed E-state index contributed by atoms with van der Waals surface area (Å²) in [6, 6.07) is 11.2. The highest BCUT2D eigenvalue weighted by Gasteiger charge is 2.40. The maximum atomic E-state index is 14.2. The molecular formula is C39H50N6O8. The number of ether oxygens (including phenoxy) is 2. The Balaban J connectivity index is 1.02. The molecule has 5 heterocycles. The van der Waals surface area contributed by atoms with Gasteiger partial charge < -0.3 is 33.9 Å². The van der Waals surface area contributed by atoms with Gasteiger partial charge in [-0.05, 0) is 94.2 Å². The van der Waals surface area contributed by atoms with Crippen LogP contribution in [-0.4, -0.2) is 118 Å². The van der Waals surface area contributed by atoms with Crippen molar-refractivity contribution in [1.82, 2.24) is 24.2 Å². The van der Waals surface area contributed by atoms with Crippen molar-refractivity contribution in [2.24, 2.45) is 7.05 Å². The summed E-state index contributed by atoms with van der Waals surface area (Å²) in [5.41, 5.74) is 4.55. The molecule has 284 valence electrons. The highest BCUT2D eigenvalue weighted by Crippen LogP contribution is 2.29. The number of oxazole rings is 1. The monoisotopic (exact) mass is 730 g/mol. The number of hydrogen-bond acceptors (Lipinski definition) is 9. The van der Waals surface area contributed by atoms with E-state index in [1.165, 1.54) is 4.57 Å². The summed E-state index contributed by atoms with van der Waals surface area (Å²) in [6.07, 6.45) is 3.49. The van der Waals surface area contributed by atoms with Crippen LogP contribution in [0.1, 0.15) is 62.1 Å². The van der Waals surface area contributed by atoms with Gasteiger partial charge >= 0.3 is 23.8 Å². The molecule has 4 aliphatic rings. The van der Waals surface area contributed by atoms with Crippen LogP contribution in [0, 0.1) is 6.92 Å². The van der Waals surface area contributed by atoms with E-state index in [2.05, 4.69) is 10.2 Å². The van der Waals surface area contributed by atoms with Crippen molar-refractivity contribution >= 4 is 40.8 Å². The number of carbonyl (C=O) groups excluding carboxylic acids is 4. The minimum absolute atomic E-state index is 0.0265. The lowest BCUT2D eigenvalue weighted by molar-refractivity contribution is -0.150. The van der Waals surface area contributed by atoms with Gasteiger partial charge in [0.1, 0.15) is 6.04 Å². The summed E-state index contributed by atoms with van der Waals surface area (Å²) in [7, 11) is 1.65. The fraction of sp³-hybridized carbons (Fsp3) is 0.564. The van der Waals surface area contributed by atoms with Crippen molar-refractivity contribution in [2.45, 2.75) is 89.4 Å². The molecule has 0 saturated carbocycles. The number of carbonyl (C=O) groups is 4. The highest BCUT2D eigenvalue weighted by molar-refractivity contribution is 5.91. The van der Waals surface area contributed by atoms with E-state index < -0.39 is 18.0 Å². The number of nitrogens with zero attached hydrogens (tertiary/aromatic N) is 5. The molecule has 0 aliphatic carbocycles. The number of anilines is 1. The molecule has 0 bridgehead atoms. The van der Waals surface area contributed by atoms with E-state index in [1.807, 2.05) is 49.1 Å². The fourth-order valence-electron chi connectivity index (χ4n) is 8.73. The smallest absolute Gasteiger partial charge is 0.419 e. The third-order valence-corrected chi connectivity index (χ3v) is 11.5. The minimum atomic E-state index is -1.10. The van der Waals surface area contributed by atoms with Crippen LogP contribution >= 0.6 is 0 Å². The Labute approximate surface area is 308 Å². The van der Waals surface area contributed by atoms with E-state index in [-0.39, 0.29) is 42.5 Å². The molecule has 3 fully saturated rings. The number of likely N-dealkylation sites (tertiary alicyclic amines) is 3. The normalized spacial score (nSPS) is 20.9. The summed E-state index contributed by atoms with van der Waals surface area (Å²) in [5, 5.41) is 3.04. The first-order valence-corrected chi connectivity index (χ1v) is 19.0. The molecule has 3 aromatic rings. The molecule has 7 rings (SSSR count). The molecule has 1 aromatic heterocycles. The first kappa shape index (κ1) is 36.5. The van der Waals surface area contributed by atoms with Gasteiger partial charge in [0.25, 0.3) is 5.91 Å². The van der Waals surface area contributed by atoms with Crippen molar-refractivity contribution in [3.05, 3.63) is 63.6 Å². The summed E-state index contributed by atoms with van der Waals surface area (Å²) >= 11 is 0. The van der Waals surface area contributed by atoms with Crippen molar-refractivity contribution in [3.8, 4) is 0 Å². The van der Waals surface area contributed by atoms with E-state index in [0.717, 1.165) is 42.6 Å². The van der Waals surface area contributed by atoms with Gasteiger partial charge in [-0.3, -0.25) is 19.1 Å². The van der Waals surface area contributed by atoms with Crippen LogP contribution in [0.5, 0.6) is 0 Å². The largest absolute Gasteiger partial charge is 0.465 e. The number of nitrogens with one attached hydrogen (secondary N) is 1. The van der Waals surface area contributed by atoms with E-state index in [0.29, 0.717) is 81.7 Å². The second kappa shape index (κ2) is 15.6. The number of benzene rings is 2. The summed E-state index contributed by atoms with van der Waals surface area (Å²) in [6.45, 7) is 7.20. The first-order chi connectivity index (χ1) is 25.6. The van der Waals surface area contributed by atoms with Crippen LogP contribution in [0.15, 0.2) is 45.6 Å². The lowest BCUT2D eigenvalue weighted by Crippen LogP contribution is -2.53.